The fourth-order valence-electron chi connectivity index (χ4n) is 1.36. The van der Waals surface area contributed by atoms with Crippen molar-refractivity contribution in [2.75, 3.05) is 6.61 Å². The Labute approximate surface area is 108 Å². The summed E-state index contributed by atoms with van der Waals surface area (Å²) in [4.78, 5) is 11.4. The molecular weight excluding hydrogens is 228 g/mol. The van der Waals surface area contributed by atoms with Gasteiger partial charge in [0.1, 0.15) is 5.75 Å². The second kappa shape index (κ2) is 8.28. The molecule has 4 heteroatoms. The number of unbranched alkanes of at least 4 members (excludes halogenated alkanes) is 2. The Morgan fingerprint density at radius 2 is 2.33 bits per heavy atom. The van der Waals surface area contributed by atoms with Crippen molar-refractivity contribution in [2.45, 2.75) is 33.1 Å². The van der Waals surface area contributed by atoms with Crippen LogP contribution in [0.1, 0.15) is 31.7 Å². The zero-order chi connectivity index (χ0) is 13.2. The fourth-order valence-corrected chi connectivity index (χ4v) is 1.36. The van der Waals surface area contributed by atoms with Gasteiger partial charge in [0, 0.05) is 6.21 Å². The molecule has 0 aromatic heterocycles. The summed E-state index contributed by atoms with van der Waals surface area (Å²) in [6.07, 6.45) is 4.80. The summed E-state index contributed by atoms with van der Waals surface area (Å²) >= 11 is 0. The zero-order valence-corrected chi connectivity index (χ0v) is 11.0. The normalized spacial score (nSPS) is 10.6. The van der Waals surface area contributed by atoms with Crippen molar-refractivity contribution >= 4 is 12.1 Å². The molecular formula is C14H20N2O2. The Morgan fingerprint density at radius 3 is 3.06 bits per heavy atom. The van der Waals surface area contributed by atoms with Gasteiger partial charge in [-0.3, -0.25) is 4.79 Å². The van der Waals surface area contributed by atoms with E-state index in [1.807, 2.05) is 31.2 Å². The highest BCUT2D eigenvalue weighted by Crippen LogP contribution is 2.11. The van der Waals surface area contributed by atoms with Gasteiger partial charge in [-0.1, -0.05) is 25.5 Å². The highest BCUT2D eigenvalue weighted by atomic mass is 16.5. The van der Waals surface area contributed by atoms with E-state index in [2.05, 4.69) is 17.5 Å². The molecule has 1 rings (SSSR count). The SMILES string of the molecule is CCCCC=NNC(=O)COc1cccc(C)c1. The average Bonchev–Trinajstić information content (AvgIpc) is 2.36. The van der Waals surface area contributed by atoms with E-state index in [0.29, 0.717) is 5.75 Å². The molecule has 0 fully saturated rings. The average molecular weight is 248 g/mol. The highest BCUT2D eigenvalue weighted by molar-refractivity contribution is 5.78. The Kier molecular flexibility index (Phi) is 6.54. The van der Waals surface area contributed by atoms with Crippen LogP contribution < -0.4 is 10.2 Å². The van der Waals surface area contributed by atoms with E-state index in [1.165, 1.54) is 0 Å². The molecule has 0 unspecified atom stereocenters. The number of benzene rings is 1. The smallest absolute Gasteiger partial charge is 0.277 e. The molecule has 1 N–H and O–H groups in total. The van der Waals surface area contributed by atoms with Gasteiger partial charge in [-0.2, -0.15) is 5.10 Å². The maximum Gasteiger partial charge on any atom is 0.277 e. The summed E-state index contributed by atoms with van der Waals surface area (Å²) in [5, 5.41) is 3.83. The number of hydrogen-bond donors (Lipinski definition) is 1. The number of hydrazone groups is 1. The number of ether oxygens (including phenoxy) is 1. The minimum Gasteiger partial charge on any atom is -0.484 e. The van der Waals surface area contributed by atoms with Crippen molar-refractivity contribution in [1.82, 2.24) is 5.43 Å². The second-order valence-electron chi connectivity index (χ2n) is 4.09. The van der Waals surface area contributed by atoms with Gasteiger partial charge in [0.05, 0.1) is 0 Å². The Morgan fingerprint density at radius 1 is 1.50 bits per heavy atom. The van der Waals surface area contributed by atoms with Crippen LogP contribution in [0.2, 0.25) is 0 Å². The molecule has 0 heterocycles. The number of nitrogens with one attached hydrogen (secondary N) is 1. The van der Waals surface area contributed by atoms with Crippen LogP contribution in [-0.4, -0.2) is 18.7 Å². The van der Waals surface area contributed by atoms with E-state index < -0.39 is 0 Å². The Hall–Kier alpha value is -1.84. The van der Waals surface area contributed by atoms with Crippen LogP contribution in [0, 0.1) is 6.92 Å². The van der Waals surface area contributed by atoms with Gasteiger partial charge in [0.25, 0.3) is 5.91 Å². The molecule has 4 nitrogen and oxygen atoms in total. The summed E-state index contributed by atoms with van der Waals surface area (Å²) < 4.78 is 5.34. The third-order valence-corrected chi connectivity index (χ3v) is 2.33. The lowest BCUT2D eigenvalue weighted by Gasteiger charge is -2.05. The molecule has 0 saturated carbocycles. The van der Waals surface area contributed by atoms with E-state index in [0.717, 1.165) is 24.8 Å². The highest BCUT2D eigenvalue weighted by Gasteiger charge is 2.00. The van der Waals surface area contributed by atoms with Gasteiger partial charge in [-0.15, -0.1) is 0 Å². The first-order chi connectivity index (χ1) is 8.72. The minimum absolute atomic E-state index is 0.0193. The topological polar surface area (TPSA) is 50.7 Å². The summed E-state index contributed by atoms with van der Waals surface area (Å²) in [5.41, 5.74) is 3.53. The number of carbonyl (C=O) groups excluding carboxylic acids is 1. The standard InChI is InChI=1S/C14H20N2O2/c1-3-4-5-9-15-16-14(17)11-18-13-8-6-7-12(2)10-13/h6-10H,3-5,11H2,1-2H3,(H,16,17). The third-order valence-electron chi connectivity index (χ3n) is 2.33. The van der Waals surface area contributed by atoms with Crippen LogP contribution in [0.15, 0.2) is 29.4 Å². The van der Waals surface area contributed by atoms with Crippen molar-refractivity contribution in [3.8, 4) is 5.75 Å². The first-order valence-corrected chi connectivity index (χ1v) is 6.22. The van der Waals surface area contributed by atoms with E-state index >= 15 is 0 Å². The van der Waals surface area contributed by atoms with Crippen LogP contribution in [0.4, 0.5) is 0 Å². The first-order valence-electron chi connectivity index (χ1n) is 6.22. The number of rotatable bonds is 7. The van der Waals surface area contributed by atoms with Gasteiger partial charge in [0.15, 0.2) is 6.61 Å². The molecule has 0 atom stereocenters. The molecule has 98 valence electrons. The molecule has 1 amide bonds. The lowest BCUT2D eigenvalue weighted by Crippen LogP contribution is -2.24. The first kappa shape index (κ1) is 14.2. The van der Waals surface area contributed by atoms with Crippen LogP contribution in [0.3, 0.4) is 0 Å². The second-order valence-corrected chi connectivity index (χ2v) is 4.09. The lowest BCUT2D eigenvalue weighted by molar-refractivity contribution is -0.123. The maximum atomic E-state index is 11.4. The summed E-state index contributed by atoms with van der Waals surface area (Å²) in [6.45, 7) is 4.07. The number of carbonyl (C=O) groups is 1. The number of hydrogen-bond acceptors (Lipinski definition) is 3. The van der Waals surface area contributed by atoms with E-state index in [-0.39, 0.29) is 12.5 Å². The molecule has 1 aromatic rings. The van der Waals surface area contributed by atoms with Gasteiger partial charge in [-0.25, -0.2) is 5.43 Å². The van der Waals surface area contributed by atoms with Crippen molar-refractivity contribution in [3.63, 3.8) is 0 Å². The van der Waals surface area contributed by atoms with Crippen LogP contribution in [-0.2, 0) is 4.79 Å². The zero-order valence-electron chi connectivity index (χ0n) is 11.0. The molecule has 0 spiro atoms. The molecule has 1 aromatic carbocycles. The number of nitrogens with zero attached hydrogens (tertiary/aromatic N) is 1. The molecule has 0 saturated heterocycles. The predicted octanol–water partition coefficient (Wildman–Crippen LogP) is 2.67. The van der Waals surface area contributed by atoms with Crippen molar-refractivity contribution in [1.29, 1.82) is 0 Å². The van der Waals surface area contributed by atoms with Crippen molar-refractivity contribution in [2.24, 2.45) is 5.10 Å². The Bertz CT molecular complexity index is 403. The Balaban J connectivity index is 2.23. The maximum absolute atomic E-state index is 11.4. The number of aryl methyl sites for hydroxylation is 1. The molecule has 18 heavy (non-hydrogen) atoms. The summed E-state index contributed by atoms with van der Waals surface area (Å²) in [6, 6.07) is 7.58. The van der Waals surface area contributed by atoms with Gasteiger partial charge in [-0.05, 0) is 37.5 Å². The third kappa shape index (κ3) is 6.03. The molecule has 0 aliphatic rings. The molecule has 0 radical (unpaired) electrons. The molecule has 0 aliphatic carbocycles. The molecule has 0 bridgehead atoms. The molecule has 0 aliphatic heterocycles. The largest absolute Gasteiger partial charge is 0.484 e. The van der Waals surface area contributed by atoms with E-state index in [1.54, 1.807) is 6.21 Å². The van der Waals surface area contributed by atoms with Crippen molar-refractivity contribution < 1.29 is 9.53 Å². The van der Waals surface area contributed by atoms with Crippen LogP contribution in [0.25, 0.3) is 0 Å². The summed E-state index contributed by atoms with van der Waals surface area (Å²) in [7, 11) is 0. The monoisotopic (exact) mass is 248 g/mol. The van der Waals surface area contributed by atoms with Gasteiger partial charge in [0.2, 0.25) is 0 Å². The quantitative estimate of drug-likeness (QED) is 0.458. The lowest BCUT2D eigenvalue weighted by atomic mass is 10.2. The fraction of sp³-hybridized carbons (Fsp3) is 0.429. The predicted molar refractivity (Wildman–Crippen MR) is 72.8 cm³/mol. The van der Waals surface area contributed by atoms with Crippen LogP contribution >= 0.6 is 0 Å². The van der Waals surface area contributed by atoms with E-state index in [4.69, 9.17) is 4.74 Å². The van der Waals surface area contributed by atoms with Crippen molar-refractivity contribution in [3.05, 3.63) is 29.8 Å². The number of amides is 1. The summed E-state index contributed by atoms with van der Waals surface area (Å²) in [5.74, 6) is 0.448. The van der Waals surface area contributed by atoms with Gasteiger partial charge < -0.3 is 4.74 Å². The van der Waals surface area contributed by atoms with Gasteiger partial charge >= 0.3 is 0 Å². The van der Waals surface area contributed by atoms with Crippen LogP contribution in [0.5, 0.6) is 5.75 Å². The minimum atomic E-state index is -0.246. The van der Waals surface area contributed by atoms with E-state index in [9.17, 15) is 4.79 Å².